The van der Waals surface area contributed by atoms with Crippen LogP contribution >= 0.6 is 11.3 Å². The molecule has 0 aromatic carbocycles. The summed E-state index contributed by atoms with van der Waals surface area (Å²) in [6.45, 7) is 1.61. The summed E-state index contributed by atoms with van der Waals surface area (Å²) in [4.78, 5) is 22.3. The summed E-state index contributed by atoms with van der Waals surface area (Å²) in [5.41, 5.74) is 1.69. The molecule has 3 N–H and O–H groups in total. The molecule has 0 spiro atoms. The van der Waals surface area contributed by atoms with E-state index in [0.29, 0.717) is 26.1 Å². The summed E-state index contributed by atoms with van der Waals surface area (Å²) in [6.07, 6.45) is 0.977. The van der Waals surface area contributed by atoms with E-state index >= 15 is 0 Å². The van der Waals surface area contributed by atoms with Crippen molar-refractivity contribution in [3.8, 4) is 0 Å². The maximum absolute atomic E-state index is 12.0. The normalized spacial score (nSPS) is 24.7. The second kappa shape index (κ2) is 7.35. The second-order valence-electron chi connectivity index (χ2n) is 5.98. The largest absolute Gasteiger partial charge is 0.389 e. The van der Waals surface area contributed by atoms with Gasteiger partial charge in [0, 0.05) is 37.8 Å². The van der Waals surface area contributed by atoms with Crippen LogP contribution in [0.3, 0.4) is 0 Å². The fourth-order valence-corrected chi connectivity index (χ4v) is 3.29. The maximum atomic E-state index is 12.0. The number of amides is 1. The molecule has 2 aromatic rings. The van der Waals surface area contributed by atoms with Crippen molar-refractivity contribution in [1.82, 2.24) is 20.2 Å². The van der Waals surface area contributed by atoms with E-state index in [0.717, 1.165) is 5.69 Å². The molecule has 3 heterocycles. The molecule has 24 heavy (non-hydrogen) atoms. The van der Waals surface area contributed by atoms with Gasteiger partial charge in [-0.3, -0.25) is 14.7 Å². The van der Waals surface area contributed by atoms with Gasteiger partial charge in [0.15, 0.2) is 0 Å². The van der Waals surface area contributed by atoms with Crippen molar-refractivity contribution in [2.24, 2.45) is 0 Å². The van der Waals surface area contributed by atoms with E-state index in [2.05, 4.69) is 20.2 Å². The highest BCUT2D eigenvalue weighted by Crippen LogP contribution is 2.23. The van der Waals surface area contributed by atoms with Crippen LogP contribution in [0, 0.1) is 0 Å². The third-order valence-corrected chi connectivity index (χ3v) is 4.87. The number of carbonyl (C=O) groups excluding carboxylic acids is 1. The summed E-state index contributed by atoms with van der Waals surface area (Å²) < 4.78 is 0. The molecule has 2 atom stereocenters. The van der Waals surface area contributed by atoms with Gasteiger partial charge in [-0.15, -0.1) is 11.3 Å². The lowest BCUT2D eigenvalue weighted by atomic mass is 9.88. The SMILES string of the molecule is O=C(NC[C@]1(O)CCN(Cc2cscn2)C[C@H]1O)c1ccccn1. The monoisotopic (exact) mass is 348 g/mol. The number of thiazole rings is 1. The van der Waals surface area contributed by atoms with Crippen molar-refractivity contribution in [3.63, 3.8) is 0 Å². The Morgan fingerprint density at radius 2 is 2.33 bits per heavy atom. The fourth-order valence-electron chi connectivity index (χ4n) is 2.74. The second-order valence-corrected chi connectivity index (χ2v) is 6.70. The van der Waals surface area contributed by atoms with Gasteiger partial charge in [-0.05, 0) is 18.6 Å². The minimum absolute atomic E-state index is 0.00584. The zero-order valence-electron chi connectivity index (χ0n) is 13.1. The van der Waals surface area contributed by atoms with Gasteiger partial charge in [0.2, 0.25) is 0 Å². The Hall–Kier alpha value is -1.87. The Kier molecular flexibility index (Phi) is 5.20. The van der Waals surface area contributed by atoms with Gasteiger partial charge in [-0.2, -0.15) is 0 Å². The molecule has 0 radical (unpaired) electrons. The first-order valence-corrected chi connectivity index (χ1v) is 8.70. The van der Waals surface area contributed by atoms with Crippen molar-refractivity contribution >= 4 is 17.2 Å². The first-order chi connectivity index (χ1) is 11.6. The Labute approximate surface area is 144 Å². The summed E-state index contributed by atoms with van der Waals surface area (Å²) in [7, 11) is 0. The number of piperidine rings is 1. The molecular formula is C16H20N4O3S. The van der Waals surface area contributed by atoms with E-state index in [1.165, 1.54) is 17.5 Å². The molecule has 0 unspecified atom stereocenters. The van der Waals surface area contributed by atoms with E-state index in [-0.39, 0.29) is 18.1 Å². The quantitative estimate of drug-likeness (QED) is 0.717. The molecule has 1 saturated heterocycles. The summed E-state index contributed by atoms with van der Waals surface area (Å²) in [5.74, 6) is -0.360. The number of carbonyl (C=O) groups is 1. The average Bonchev–Trinajstić information content (AvgIpc) is 3.10. The molecule has 0 bridgehead atoms. The molecule has 1 aliphatic rings. The number of nitrogens with zero attached hydrogens (tertiary/aromatic N) is 3. The van der Waals surface area contributed by atoms with Gasteiger partial charge in [-0.25, -0.2) is 4.98 Å². The lowest BCUT2D eigenvalue weighted by Crippen LogP contribution is -2.60. The standard InChI is InChI=1S/C16H20N4O3S/c21-14-8-20(7-12-9-24-11-19-12)6-4-16(14,23)10-18-15(22)13-3-1-2-5-17-13/h1-3,5,9,11,14,21,23H,4,6-8,10H2,(H,18,22)/t14-,16-/m1/s1. The van der Waals surface area contributed by atoms with Gasteiger partial charge >= 0.3 is 0 Å². The van der Waals surface area contributed by atoms with Gasteiger partial charge in [-0.1, -0.05) is 6.07 Å². The molecule has 2 aromatic heterocycles. The smallest absolute Gasteiger partial charge is 0.269 e. The van der Waals surface area contributed by atoms with E-state index in [1.54, 1.807) is 23.7 Å². The molecule has 3 rings (SSSR count). The van der Waals surface area contributed by atoms with Crippen molar-refractivity contribution in [2.45, 2.75) is 24.7 Å². The van der Waals surface area contributed by atoms with Crippen LogP contribution in [0.4, 0.5) is 0 Å². The van der Waals surface area contributed by atoms with E-state index in [4.69, 9.17) is 0 Å². The van der Waals surface area contributed by atoms with Crippen molar-refractivity contribution in [2.75, 3.05) is 19.6 Å². The van der Waals surface area contributed by atoms with Crippen LogP contribution in [0.2, 0.25) is 0 Å². The minimum atomic E-state index is -1.33. The van der Waals surface area contributed by atoms with E-state index in [1.807, 2.05) is 5.38 Å². The van der Waals surface area contributed by atoms with E-state index < -0.39 is 11.7 Å². The zero-order chi connectivity index (χ0) is 17.0. The summed E-state index contributed by atoms with van der Waals surface area (Å²) >= 11 is 1.53. The van der Waals surface area contributed by atoms with Crippen molar-refractivity contribution in [1.29, 1.82) is 0 Å². The molecule has 7 nitrogen and oxygen atoms in total. The molecule has 128 valence electrons. The first kappa shape index (κ1) is 17.0. The van der Waals surface area contributed by atoms with Crippen molar-refractivity contribution < 1.29 is 15.0 Å². The highest BCUT2D eigenvalue weighted by atomic mass is 32.1. The van der Waals surface area contributed by atoms with Gasteiger partial charge in [0.05, 0.1) is 17.3 Å². The predicted octanol–water partition coefficient (Wildman–Crippen LogP) is 0.266. The van der Waals surface area contributed by atoms with Crippen LogP contribution in [0.5, 0.6) is 0 Å². The number of aliphatic hydroxyl groups excluding tert-OH is 1. The molecule has 8 heteroatoms. The number of nitrogens with one attached hydrogen (secondary N) is 1. The number of aromatic nitrogens is 2. The van der Waals surface area contributed by atoms with Crippen LogP contribution in [-0.4, -0.2) is 62.3 Å². The van der Waals surface area contributed by atoms with Gasteiger partial charge in [0.1, 0.15) is 11.3 Å². The predicted molar refractivity (Wildman–Crippen MR) is 89.5 cm³/mol. The van der Waals surface area contributed by atoms with Gasteiger partial charge < -0.3 is 15.5 Å². The Bertz CT molecular complexity index is 667. The molecule has 1 amide bonds. The van der Waals surface area contributed by atoms with Crippen molar-refractivity contribution in [3.05, 3.63) is 46.7 Å². The number of hydrogen-bond donors (Lipinski definition) is 3. The third kappa shape index (κ3) is 3.96. The molecular weight excluding hydrogens is 328 g/mol. The van der Waals surface area contributed by atoms with Crippen LogP contribution < -0.4 is 5.32 Å². The molecule has 1 aliphatic heterocycles. The number of likely N-dealkylation sites (tertiary alicyclic amines) is 1. The Morgan fingerprint density at radius 1 is 1.46 bits per heavy atom. The van der Waals surface area contributed by atoms with E-state index in [9.17, 15) is 15.0 Å². The lowest BCUT2D eigenvalue weighted by molar-refractivity contribution is -0.117. The maximum Gasteiger partial charge on any atom is 0.269 e. The zero-order valence-corrected chi connectivity index (χ0v) is 13.9. The Balaban J connectivity index is 1.53. The molecule has 1 fully saturated rings. The van der Waals surface area contributed by atoms with Crippen LogP contribution in [-0.2, 0) is 6.54 Å². The number of hydrogen-bond acceptors (Lipinski definition) is 7. The lowest BCUT2D eigenvalue weighted by Gasteiger charge is -2.41. The third-order valence-electron chi connectivity index (χ3n) is 4.23. The Morgan fingerprint density at radius 3 is 3.00 bits per heavy atom. The number of rotatable bonds is 5. The molecule has 0 saturated carbocycles. The minimum Gasteiger partial charge on any atom is -0.389 e. The first-order valence-electron chi connectivity index (χ1n) is 7.76. The number of aliphatic hydroxyl groups is 2. The highest BCUT2D eigenvalue weighted by molar-refractivity contribution is 7.07. The summed E-state index contributed by atoms with van der Waals surface area (Å²) in [6, 6.07) is 5.06. The average molecular weight is 348 g/mol. The topological polar surface area (TPSA) is 98.6 Å². The fraction of sp³-hybridized carbons (Fsp3) is 0.438. The molecule has 0 aliphatic carbocycles. The summed E-state index contributed by atoms with van der Waals surface area (Å²) in [5, 5.41) is 25.6. The number of β-amino-alcohol motifs (C(OH)–C–C–N with tert-alkyl or cyclic N) is 1. The van der Waals surface area contributed by atoms with Crippen LogP contribution in [0.15, 0.2) is 35.3 Å². The van der Waals surface area contributed by atoms with Gasteiger partial charge in [0.25, 0.3) is 5.91 Å². The highest BCUT2D eigenvalue weighted by Gasteiger charge is 2.40. The van der Waals surface area contributed by atoms with Crippen LogP contribution in [0.25, 0.3) is 0 Å². The van der Waals surface area contributed by atoms with Crippen LogP contribution in [0.1, 0.15) is 22.6 Å². The number of pyridine rings is 1.